The highest BCUT2D eigenvalue weighted by Crippen LogP contribution is 2.33. The van der Waals surface area contributed by atoms with Crippen LogP contribution in [0.4, 0.5) is 10.1 Å². The van der Waals surface area contributed by atoms with E-state index in [0.29, 0.717) is 18.6 Å². The summed E-state index contributed by atoms with van der Waals surface area (Å²) >= 11 is 0. The van der Waals surface area contributed by atoms with Crippen LogP contribution in [0.5, 0.6) is 5.75 Å². The molecular weight excluding hydrogens is 465 g/mol. The first kappa shape index (κ1) is 24.0. The summed E-state index contributed by atoms with van der Waals surface area (Å²) in [5.74, 6) is -0.836. The number of nitrogens with zero attached hydrogens (tertiary/aromatic N) is 1. The Labute approximate surface area is 197 Å². The van der Waals surface area contributed by atoms with Gasteiger partial charge < -0.3 is 19.7 Å². The van der Waals surface area contributed by atoms with E-state index < -0.39 is 21.9 Å². The zero-order valence-electron chi connectivity index (χ0n) is 18.8. The van der Waals surface area contributed by atoms with Gasteiger partial charge in [-0.05, 0) is 49.2 Å². The second kappa shape index (κ2) is 9.59. The van der Waals surface area contributed by atoms with Gasteiger partial charge >= 0.3 is 0 Å². The van der Waals surface area contributed by atoms with Crippen LogP contribution in [-0.4, -0.2) is 64.1 Å². The van der Waals surface area contributed by atoms with Crippen molar-refractivity contribution in [3.05, 3.63) is 53.8 Å². The van der Waals surface area contributed by atoms with Gasteiger partial charge in [-0.2, -0.15) is 0 Å². The third-order valence-electron chi connectivity index (χ3n) is 6.06. The van der Waals surface area contributed by atoms with E-state index in [1.165, 1.54) is 30.3 Å². The van der Waals surface area contributed by atoms with E-state index in [1.807, 2.05) is 0 Å². The molecule has 0 aliphatic carbocycles. The molecule has 2 aliphatic rings. The van der Waals surface area contributed by atoms with E-state index in [-0.39, 0.29) is 53.1 Å². The van der Waals surface area contributed by atoms with Crippen molar-refractivity contribution >= 4 is 27.5 Å². The number of likely N-dealkylation sites (N-methyl/N-ethyl adjacent to an activating group) is 1. The topological polar surface area (TPSA) is 114 Å². The number of carbonyl (C=O) groups excluding carboxylic acids is 2. The summed E-state index contributed by atoms with van der Waals surface area (Å²) in [6.07, 6.45) is 0.831. The predicted octanol–water partition coefficient (Wildman–Crippen LogP) is 2.14. The minimum absolute atomic E-state index is 0.113. The second-order valence-corrected chi connectivity index (χ2v) is 10.0. The molecule has 2 aliphatic heterocycles. The zero-order valence-corrected chi connectivity index (χ0v) is 19.6. The number of nitrogens with one attached hydrogen (secondary N) is 2. The molecule has 2 heterocycles. The Morgan fingerprint density at radius 1 is 1.21 bits per heavy atom. The minimum atomic E-state index is -4.06. The summed E-state index contributed by atoms with van der Waals surface area (Å²) in [6, 6.07) is 8.78. The van der Waals surface area contributed by atoms with Crippen LogP contribution < -0.4 is 14.8 Å². The van der Waals surface area contributed by atoms with E-state index in [0.717, 1.165) is 12.1 Å². The minimum Gasteiger partial charge on any atom is -0.490 e. The number of anilines is 1. The Morgan fingerprint density at radius 3 is 2.74 bits per heavy atom. The molecule has 4 rings (SSSR count). The van der Waals surface area contributed by atoms with E-state index >= 15 is 0 Å². The van der Waals surface area contributed by atoms with E-state index in [4.69, 9.17) is 9.47 Å². The SMILES string of the molecule is CNC(=O)C[C@@H]1CC[C@@H]2[C@@H](COc3ccc(NS(=O)(=O)c4cccc(F)c4)cc3C(=O)N2C)O1. The van der Waals surface area contributed by atoms with Crippen LogP contribution >= 0.6 is 0 Å². The highest BCUT2D eigenvalue weighted by molar-refractivity contribution is 7.92. The average molecular weight is 492 g/mol. The lowest BCUT2D eigenvalue weighted by atomic mass is 9.94. The molecule has 9 nitrogen and oxygen atoms in total. The van der Waals surface area contributed by atoms with Gasteiger partial charge in [-0.25, -0.2) is 12.8 Å². The Kier molecular flexibility index (Phi) is 6.76. The molecule has 0 bridgehead atoms. The van der Waals surface area contributed by atoms with Gasteiger partial charge in [-0.1, -0.05) is 6.07 Å². The molecular formula is C23H26FN3O6S. The van der Waals surface area contributed by atoms with Crippen molar-refractivity contribution in [1.29, 1.82) is 0 Å². The first-order chi connectivity index (χ1) is 16.2. The normalized spacial score (nSPS) is 22.5. The van der Waals surface area contributed by atoms with Gasteiger partial charge in [0.1, 0.15) is 24.3 Å². The lowest BCUT2D eigenvalue weighted by Crippen LogP contribution is -2.53. The van der Waals surface area contributed by atoms with Crippen molar-refractivity contribution in [3.63, 3.8) is 0 Å². The Balaban J connectivity index is 1.55. The number of sulfonamides is 1. The highest BCUT2D eigenvalue weighted by Gasteiger charge is 2.39. The number of benzene rings is 2. The molecule has 1 saturated heterocycles. The quantitative estimate of drug-likeness (QED) is 0.663. The standard InChI is InChI=1S/C23H26FN3O6S/c1-25-22(28)12-16-7-8-19-21(33-16)13-32-20-9-6-15(11-18(20)23(29)27(19)2)26-34(30,31)17-5-3-4-14(24)10-17/h3-6,9-11,16,19,21,26H,7-8,12-13H2,1-2H3,(H,25,28)/t16-,19+,21+/m0/s1. The molecule has 1 fully saturated rings. The molecule has 0 aromatic heterocycles. The van der Waals surface area contributed by atoms with Gasteiger partial charge in [0.05, 0.1) is 29.0 Å². The zero-order chi connectivity index (χ0) is 24.5. The van der Waals surface area contributed by atoms with Crippen molar-refractivity contribution < 1.29 is 31.9 Å². The van der Waals surface area contributed by atoms with Crippen LogP contribution in [0.2, 0.25) is 0 Å². The van der Waals surface area contributed by atoms with Gasteiger partial charge in [0, 0.05) is 19.8 Å². The van der Waals surface area contributed by atoms with Crippen molar-refractivity contribution in [2.75, 3.05) is 25.4 Å². The first-order valence-corrected chi connectivity index (χ1v) is 12.3. The largest absolute Gasteiger partial charge is 0.490 e. The summed E-state index contributed by atoms with van der Waals surface area (Å²) in [5.41, 5.74) is 0.351. The molecule has 2 aromatic carbocycles. The number of fused-ring (bicyclic) bond motifs is 2. The fourth-order valence-electron chi connectivity index (χ4n) is 4.25. The number of rotatable bonds is 5. The Hall–Kier alpha value is -3.18. The molecule has 34 heavy (non-hydrogen) atoms. The third-order valence-corrected chi connectivity index (χ3v) is 7.44. The maximum absolute atomic E-state index is 13.5. The van der Waals surface area contributed by atoms with E-state index in [9.17, 15) is 22.4 Å². The first-order valence-electron chi connectivity index (χ1n) is 10.9. The highest BCUT2D eigenvalue weighted by atomic mass is 32.2. The summed E-state index contributed by atoms with van der Waals surface area (Å²) < 4.78 is 53.2. The maximum atomic E-state index is 13.5. The fraction of sp³-hybridized carbons (Fsp3) is 0.391. The molecule has 2 amide bonds. The van der Waals surface area contributed by atoms with Crippen LogP contribution in [0.15, 0.2) is 47.4 Å². The van der Waals surface area contributed by atoms with Crippen LogP contribution in [0.25, 0.3) is 0 Å². The van der Waals surface area contributed by atoms with Gasteiger partial charge in [0.25, 0.3) is 15.9 Å². The molecule has 0 unspecified atom stereocenters. The molecule has 11 heteroatoms. The number of hydrogen-bond donors (Lipinski definition) is 2. The summed E-state index contributed by atoms with van der Waals surface area (Å²) in [5, 5.41) is 2.59. The van der Waals surface area contributed by atoms with E-state index in [2.05, 4.69) is 10.0 Å². The van der Waals surface area contributed by atoms with Crippen LogP contribution in [0, 0.1) is 5.82 Å². The van der Waals surface area contributed by atoms with Crippen molar-refractivity contribution in [2.45, 2.75) is 42.4 Å². The van der Waals surface area contributed by atoms with Gasteiger partial charge in [0.2, 0.25) is 5.91 Å². The molecule has 2 N–H and O–H groups in total. The van der Waals surface area contributed by atoms with Crippen molar-refractivity contribution in [1.82, 2.24) is 10.2 Å². The molecule has 0 radical (unpaired) electrons. The molecule has 3 atom stereocenters. The Bertz CT molecular complexity index is 1200. The maximum Gasteiger partial charge on any atom is 0.261 e. The monoisotopic (exact) mass is 491 g/mol. The lowest BCUT2D eigenvalue weighted by Gasteiger charge is -2.42. The third kappa shape index (κ3) is 5.00. The van der Waals surface area contributed by atoms with Crippen molar-refractivity contribution in [2.24, 2.45) is 0 Å². The second-order valence-electron chi connectivity index (χ2n) is 8.32. The van der Waals surface area contributed by atoms with Crippen LogP contribution in [0.1, 0.15) is 29.6 Å². The average Bonchev–Trinajstić information content (AvgIpc) is 2.81. The predicted molar refractivity (Wildman–Crippen MR) is 122 cm³/mol. The summed E-state index contributed by atoms with van der Waals surface area (Å²) in [7, 11) is -0.816. The van der Waals surface area contributed by atoms with Crippen LogP contribution in [0.3, 0.4) is 0 Å². The van der Waals surface area contributed by atoms with E-state index in [1.54, 1.807) is 19.0 Å². The Morgan fingerprint density at radius 2 is 2.00 bits per heavy atom. The smallest absolute Gasteiger partial charge is 0.261 e. The molecule has 0 saturated carbocycles. The number of carbonyl (C=O) groups is 2. The summed E-state index contributed by atoms with van der Waals surface area (Å²) in [4.78, 5) is 26.4. The number of hydrogen-bond acceptors (Lipinski definition) is 6. The van der Waals surface area contributed by atoms with Gasteiger partial charge in [0.15, 0.2) is 0 Å². The molecule has 182 valence electrons. The number of halogens is 1. The summed E-state index contributed by atoms with van der Waals surface area (Å²) in [6.45, 7) is 0.175. The number of amides is 2. The van der Waals surface area contributed by atoms with Gasteiger partial charge in [-0.3, -0.25) is 14.3 Å². The number of ether oxygens (including phenoxy) is 2. The van der Waals surface area contributed by atoms with Crippen LogP contribution in [-0.2, 0) is 19.6 Å². The molecule has 2 aromatic rings. The van der Waals surface area contributed by atoms with Gasteiger partial charge in [-0.15, -0.1) is 0 Å². The molecule has 0 spiro atoms. The van der Waals surface area contributed by atoms with Crippen molar-refractivity contribution in [3.8, 4) is 5.75 Å². The lowest BCUT2D eigenvalue weighted by molar-refractivity contribution is -0.133. The fourth-order valence-corrected chi connectivity index (χ4v) is 5.33.